The molecular formula is C12H18FNO. The summed E-state index contributed by atoms with van der Waals surface area (Å²) in [6.07, 6.45) is 0.863. The molecule has 1 unspecified atom stereocenters. The average molecular weight is 211 g/mol. The van der Waals surface area contributed by atoms with E-state index < -0.39 is 0 Å². The summed E-state index contributed by atoms with van der Waals surface area (Å²) >= 11 is 0. The monoisotopic (exact) mass is 211 g/mol. The second-order valence-corrected chi connectivity index (χ2v) is 3.54. The Kier molecular flexibility index (Phi) is 5.29. The third-order valence-electron chi connectivity index (χ3n) is 2.26. The van der Waals surface area contributed by atoms with Crippen molar-refractivity contribution in [2.24, 2.45) is 0 Å². The molecule has 0 aliphatic carbocycles. The predicted molar refractivity (Wildman–Crippen MR) is 59.4 cm³/mol. The normalized spacial score (nSPS) is 12.7. The van der Waals surface area contributed by atoms with Gasteiger partial charge in [0, 0.05) is 13.2 Å². The average Bonchev–Trinajstić information content (AvgIpc) is 2.22. The van der Waals surface area contributed by atoms with Crippen molar-refractivity contribution >= 4 is 0 Å². The van der Waals surface area contributed by atoms with Crippen LogP contribution >= 0.6 is 0 Å². The number of hydrogen-bond donors (Lipinski definition) is 1. The van der Waals surface area contributed by atoms with Gasteiger partial charge >= 0.3 is 0 Å². The Morgan fingerprint density at radius 2 is 2.00 bits per heavy atom. The maximum absolute atomic E-state index is 12.7. The minimum absolute atomic E-state index is 0.189. The summed E-state index contributed by atoms with van der Waals surface area (Å²) in [5, 5.41) is 3.33. The van der Waals surface area contributed by atoms with Crippen LogP contribution in [-0.2, 0) is 11.2 Å². The Labute approximate surface area is 90.4 Å². The van der Waals surface area contributed by atoms with Crippen molar-refractivity contribution in [3.8, 4) is 0 Å². The van der Waals surface area contributed by atoms with Crippen LogP contribution in [0.5, 0.6) is 0 Å². The first-order valence-corrected chi connectivity index (χ1v) is 5.23. The molecule has 0 radical (unpaired) electrons. The highest BCUT2D eigenvalue weighted by Gasteiger charge is 2.07. The van der Waals surface area contributed by atoms with E-state index in [-0.39, 0.29) is 5.82 Å². The number of rotatable bonds is 6. The molecule has 3 heteroatoms. The number of nitrogens with one attached hydrogen (secondary N) is 1. The maximum Gasteiger partial charge on any atom is 0.123 e. The largest absolute Gasteiger partial charge is 0.383 e. The van der Waals surface area contributed by atoms with Crippen molar-refractivity contribution in [2.75, 3.05) is 20.3 Å². The SMILES string of the molecule is CCNC(COC)Cc1ccc(F)cc1. The quantitative estimate of drug-likeness (QED) is 0.777. The van der Waals surface area contributed by atoms with Gasteiger partial charge in [0.05, 0.1) is 6.61 Å². The summed E-state index contributed by atoms with van der Waals surface area (Å²) < 4.78 is 17.8. The Morgan fingerprint density at radius 3 is 2.53 bits per heavy atom. The highest BCUT2D eigenvalue weighted by atomic mass is 19.1. The van der Waals surface area contributed by atoms with Crippen molar-refractivity contribution < 1.29 is 9.13 Å². The van der Waals surface area contributed by atoms with Gasteiger partial charge in [-0.3, -0.25) is 0 Å². The van der Waals surface area contributed by atoms with Gasteiger partial charge in [0.2, 0.25) is 0 Å². The fourth-order valence-corrected chi connectivity index (χ4v) is 1.58. The van der Waals surface area contributed by atoms with Crippen molar-refractivity contribution in [1.29, 1.82) is 0 Å². The maximum atomic E-state index is 12.7. The molecule has 1 N–H and O–H groups in total. The Balaban J connectivity index is 2.53. The molecule has 1 aromatic rings. The first kappa shape index (κ1) is 12.1. The Morgan fingerprint density at radius 1 is 1.33 bits per heavy atom. The fraction of sp³-hybridized carbons (Fsp3) is 0.500. The zero-order valence-corrected chi connectivity index (χ0v) is 9.29. The second-order valence-electron chi connectivity index (χ2n) is 3.54. The van der Waals surface area contributed by atoms with Crippen molar-refractivity contribution in [1.82, 2.24) is 5.32 Å². The fourth-order valence-electron chi connectivity index (χ4n) is 1.58. The van der Waals surface area contributed by atoms with E-state index in [9.17, 15) is 4.39 Å². The minimum atomic E-state index is -0.189. The lowest BCUT2D eigenvalue weighted by atomic mass is 10.1. The molecule has 0 saturated heterocycles. The van der Waals surface area contributed by atoms with Crippen LogP contribution in [0, 0.1) is 5.82 Å². The first-order valence-electron chi connectivity index (χ1n) is 5.23. The van der Waals surface area contributed by atoms with Crippen LogP contribution < -0.4 is 5.32 Å². The van der Waals surface area contributed by atoms with Gasteiger partial charge in [0.1, 0.15) is 5.82 Å². The molecule has 0 amide bonds. The van der Waals surface area contributed by atoms with Crippen molar-refractivity contribution in [3.05, 3.63) is 35.6 Å². The topological polar surface area (TPSA) is 21.3 Å². The van der Waals surface area contributed by atoms with E-state index in [1.807, 2.05) is 12.1 Å². The lowest BCUT2D eigenvalue weighted by Crippen LogP contribution is -2.34. The van der Waals surface area contributed by atoms with E-state index >= 15 is 0 Å². The summed E-state index contributed by atoms with van der Waals surface area (Å²) in [5.74, 6) is -0.189. The van der Waals surface area contributed by atoms with Crippen LogP contribution in [0.25, 0.3) is 0 Å². The van der Waals surface area contributed by atoms with E-state index in [1.54, 1.807) is 7.11 Å². The van der Waals surface area contributed by atoms with Crippen LogP contribution in [0.4, 0.5) is 4.39 Å². The molecule has 1 rings (SSSR count). The second kappa shape index (κ2) is 6.53. The molecule has 15 heavy (non-hydrogen) atoms. The molecule has 0 bridgehead atoms. The molecule has 0 aromatic heterocycles. The zero-order valence-electron chi connectivity index (χ0n) is 9.29. The Hall–Kier alpha value is -0.930. The summed E-state index contributed by atoms with van der Waals surface area (Å²) in [6.45, 7) is 3.65. The van der Waals surface area contributed by atoms with Crippen LogP contribution in [0.1, 0.15) is 12.5 Å². The van der Waals surface area contributed by atoms with Crippen molar-refractivity contribution in [2.45, 2.75) is 19.4 Å². The summed E-state index contributed by atoms with van der Waals surface area (Å²) in [5.41, 5.74) is 1.12. The van der Waals surface area contributed by atoms with Gasteiger partial charge in [-0.25, -0.2) is 4.39 Å². The van der Waals surface area contributed by atoms with E-state index in [0.29, 0.717) is 12.6 Å². The predicted octanol–water partition coefficient (Wildman–Crippen LogP) is 1.99. The third-order valence-corrected chi connectivity index (χ3v) is 2.26. The number of benzene rings is 1. The van der Waals surface area contributed by atoms with Gasteiger partial charge in [0.15, 0.2) is 0 Å². The van der Waals surface area contributed by atoms with Crippen LogP contribution in [-0.4, -0.2) is 26.3 Å². The summed E-state index contributed by atoms with van der Waals surface area (Å²) in [7, 11) is 1.69. The van der Waals surface area contributed by atoms with Gasteiger partial charge in [-0.1, -0.05) is 19.1 Å². The molecular weight excluding hydrogens is 193 g/mol. The van der Waals surface area contributed by atoms with E-state index in [0.717, 1.165) is 18.5 Å². The molecule has 0 heterocycles. The molecule has 0 fully saturated rings. The Bertz CT molecular complexity index is 267. The number of hydrogen-bond acceptors (Lipinski definition) is 2. The molecule has 2 nitrogen and oxygen atoms in total. The number of methoxy groups -OCH3 is 1. The van der Waals surface area contributed by atoms with Crippen LogP contribution in [0.2, 0.25) is 0 Å². The molecule has 1 aromatic carbocycles. The third kappa shape index (κ3) is 4.40. The standard InChI is InChI=1S/C12H18FNO/c1-3-14-12(9-15-2)8-10-4-6-11(13)7-5-10/h4-7,12,14H,3,8-9H2,1-2H3. The molecule has 0 spiro atoms. The van der Waals surface area contributed by atoms with Gasteiger partial charge in [-0.15, -0.1) is 0 Å². The zero-order chi connectivity index (χ0) is 11.1. The van der Waals surface area contributed by atoms with Gasteiger partial charge in [-0.2, -0.15) is 0 Å². The molecule has 0 saturated carbocycles. The summed E-state index contributed by atoms with van der Waals surface area (Å²) in [6, 6.07) is 6.91. The smallest absolute Gasteiger partial charge is 0.123 e. The van der Waals surface area contributed by atoms with Crippen LogP contribution in [0.3, 0.4) is 0 Å². The van der Waals surface area contributed by atoms with Gasteiger partial charge in [-0.05, 0) is 30.7 Å². The van der Waals surface area contributed by atoms with Gasteiger partial charge in [0.25, 0.3) is 0 Å². The number of ether oxygens (including phenoxy) is 1. The molecule has 1 atom stereocenters. The van der Waals surface area contributed by atoms with E-state index in [1.165, 1.54) is 12.1 Å². The minimum Gasteiger partial charge on any atom is -0.383 e. The summed E-state index contributed by atoms with van der Waals surface area (Å²) in [4.78, 5) is 0. The lowest BCUT2D eigenvalue weighted by Gasteiger charge is -2.16. The van der Waals surface area contributed by atoms with E-state index in [2.05, 4.69) is 12.2 Å². The lowest BCUT2D eigenvalue weighted by molar-refractivity contribution is 0.167. The first-order chi connectivity index (χ1) is 7.26. The highest BCUT2D eigenvalue weighted by molar-refractivity contribution is 5.17. The number of likely N-dealkylation sites (N-methyl/N-ethyl adjacent to an activating group) is 1. The molecule has 84 valence electrons. The molecule has 0 aliphatic heterocycles. The van der Waals surface area contributed by atoms with Gasteiger partial charge < -0.3 is 10.1 Å². The molecule has 0 aliphatic rings. The van der Waals surface area contributed by atoms with E-state index in [4.69, 9.17) is 4.74 Å². The number of halogens is 1. The van der Waals surface area contributed by atoms with Crippen LogP contribution in [0.15, 0.2) is 24.3 Å². The highest BCUT2D eigenvalue weighted by Crippen LogP contribution is 2.06. The van der Waals surface area contributed by atoms with Crippen molar-refractivity contribution in [3.63, 3.8) is 0 Å².